The Hall–Kier alpha value is -1.31. The zero-order valence-corrected chi connectivity index (χ0v) is 12.5. The van der Waals surface area contributed by atoms with Crippen LogP contribution in [0.15, 0.2) is 54.6 Å². The maximum absolute atomic E-state index is 6.02. The minimum atomic E-state index is 0.226. The van der Waals surface area contributed by atoms with Crippen molar-refractivity contribution in [2.45, 2.75) is 30.7 Å². The Labute approximate surface area is 126 Å². The van der Waals surface area contributed by atoms with Gasteiger partial charge in [-0.25, -0.2) is 0 Å². The molecule has 3 rings (SSSR count). The summed E-state index contributed by atoms with van der Waals surface area (Å²) in [7, 11) is 2.06. The van der Waals surface area contributed by atoms with E-state index in [9.17, 15) is 0 Å². The number of nitrogens with one attached hydrogen (secondary N) is 1. The van der Waals surface area contributed by atoms with Crippen LogP contribution in [-0.2, 0) is 5.41 Å². The number of likely N-dealkylation sites (N-methyl/N-ethyl adjacent to an activating group) is 1. The smallest absolute Gasteiger partial charge is 0.0415 e. The Kier molecular flexibility index (Phi) is 3.82. The average Bonchev–Trinajstić information content (AvgIpc) is 2.45. The molecule has 1 atom stereocenters. The van der Waals surface area contributed by atoms with Crippen LogP contribution in [0.3, 0.4) is 0 Å². The number of rotatable bonds is 4. The highest BCUT2D eigenvalue weighted by atomic mass is 35.5. The van der Waals surface area contributed by atoms with Gasteiger partial charge in [-0.1, -0.05) is 60.5 Å². The summed E-state index contributed by atoms with van der Waals surface area (Å²) in [5.74, 6) is 0. The molecule has 1 saturated carbocycles. The molecule has 0 aliphatic heterocycles. The molecule has 104 valence electrons. The molecule has 0 spiro atoms. The van der Waals surface area contributed by atoms with Crippen molar-refractivity contribution in [3.8, 4) is 0 Å². The van der Waals surface area contributed by atoms with E-state index in [1.165, 1.54) is 30.4 Å². The molecular formula is C18H20ClN. The number of benzene rings is 2. The molecule has 2 heteroatoms. The molecule has 0 saturated heterocycles. The molecule has 0 aromatic heterocycles. The lowest BCUT2D eigenvalue weighted by Gasteiger charge is -2.48. The first-order valence-corrected chi connectivity index (χ1v) is 7.62. The Morgan fingerprint density at radius 3 is 2.15 bits per heavy atom. The highest BCUT2D eigenvalue weighted by Crippen LogP contribution is 2.51. The van der Waals surface area contributed by atoms with Crippen LogP contribution in [0.2, 0.25) is 5.02 Å². The molecule has 1 N–H and O–H groups in total. The van der Waals surface area contributed by atoms with E-state index in [0.29, 0.717) is 6.04 Å². The van der Waals surface area contributed by atoms with Gasteiger partial charge in [0.1, 0.15) is 0 Å². The van der Waals surface area contributed by atoms with Crippen LogP contribution < -0.4 is 5.32 Å². The molecule has 2 aromatic rings. The van der Waals surface area contributed by atoms with Crippen molar-refractivity contribution in [1.82, 2.24) is 5.32 Å². The van der Waals surface area contributed by atoms with Crippen molar-refractivity contribution in [1.29, 1.82) is 0 Å². The Morgan fingerprint density at radius 2 is 1.65 bits per heavy atom. The van der Waals surface area contributed by atoms with E-state index in [4.69, 9.17) is 11.6 Å². The van der Waals surface area contributed by atoms with Crippen LogP contribution >= 0.6 is 11.6 Å². The van der Waals surface area contributed by atoms with E-state index in [1.54, 1.807) is 0 Å². The lowest BCUT2D eigenvalue weighted by Crippen LogP contribution is -2.45. The molecule has 1 fully saturated rings. The van der Waals surface area contributed by atoms with Gasteiger partial charge in [0.05, 0.1) is 0 Å². The third kappa shape index (κ3) is 2.25. The maximum Gasteiger partial charge on any atom is 0.0415 e. The molecule has 1 aliphatic rings. The molecule has 0 heterocycles. The van der Waals surface area contributed by atoms with E-state index < -0.39 is 0 Å². The first kappa shape index (κ1) is 13.7. The average molecular weight is 286 g/mol. The summed E-state index contributed by atoms with van der Waals surface area (Å²) in [5.41, 5.74) is 2.99. The SMILES string of the molecule is CNC(c1ccc(Cl)cc1)C1(c2ccccc2)CCC1. The summed E-state index contributed by atoms with van der Waals surface area (Å²) in [6.07, 6.45) is 3.79. The van der Waals surface area contributed by atoms with Crippen LogP contribution in [0.4, 0.5) is 0 Å². The number of hydrogen-bond donors (Lipinski definition) is 1. The lowest BCUT2D eigenvalue weighted by molar-refractivity contribution is 0.176. The Morgan fingerprint density at radius 1 is 1.00 bits per heavy atom. The van der Waals surface area contributed by atoms with Gasteiger partial charge >= 0.3 is 0 Å². The summed E-state index contributed by atoms with van der Waals surface area (Å²) < 4.78 is 0. The fourth-order valence-electron chi connectivity index (χ4n) is 3.49. The quantitative estimate of drug-likeness (QED) is 0.857. The maximum atomic E-state index is 6.02. The molecule has 20 heavy (non-hydrogen) atoms. The summed E-state index contributed by atoms with van der Waals surface area (Å²) in [6.45, 7) is 0. The second-order valence-electron chi connectivity index (χ2n) is 5.65. The van der Waals surface area contributed by atoms with Crippen LogP contribution in [0.5, 0.6) is 0 Å². The highest BCUT2D eigenvalue weighted by molar-refractivity contribution is 6.30. The molecule has 2 aromatic carbocycles. The van der Waals surface area contributed by atoms with E-state index in [0.717, 1.165) is 5.02 Å². The van der Waals surface area contributed by atoms with Crippen LogP contribution in [0.1, 0.15) is 36.4 Å². The summed E-state index contributed by atoms with van der Waals surface area (Å²) in [5, 5.41) is 4.33. The third-order valence-corrected chi connectivity index (χ3v) is 4.89. The zero-order chi connectivity index (χ0) is 14.0. The van der Waals surface area contributed by atoms with E-state index in [-0.39, 0.29) is 5.41 Å². The molecular weight excluding hydrogens is 266 g/mol. The van der Waals surface area contributed by atoms with Gasteiger partial charge in [-0.15, -0.1) is 0 Å². The normalized spacial score (nSPS) is 18.3. The van der Waals surface area contributed by atoms with Crippen molar-refractivity contribution in [2.75, 3.05) is 7.05 Å². The van der Waals surface area contributed by atoms with Crippen LogP contribution in [0, 0.1) is 0 Å². The summed E-state index contributed by atoms with van der Waals surface area (Å²) >= 11 is 6.02. The van der Waals surface area contributed by atoms with Crippen molar-refractivity contribution >= 4 is 11.6 Å². The van der Waals surface area contributed by atoms with Gasteiger partial charge in [-0.3, -0.25) is 0 Å². The van der Waals surface area contributed by atoms with Crippen LogP contribution in [0.25, 0.3) is 0 Å². The fourth-order valence-corrected chi connectivity index (χ4v) is 3.61. The van der Waals surface area contributed by atoms with E-state index in [2.05, 4.69) is 54.8 Å². The summed E-state index contributed by atoms with van der Waals surface area (Å²) in [4.78, 5) is 0. The second kappa shape index (κ2) is 5.59. The van der Waals surface area contributed by atoms with Gasteiger partial charge in [0, 0.05) is 16.5 Å². The van der Waals surface area contributed by atoms with Gasteiger partial charge < -0.3 is 5.32 Å². The number of hydrogen-bond acceptors (Lipinski definition) is 1. The van der Waals surface area contributed by atoms with Gasteiger partial charge in [0.25, 0.3) is 0 Å². The van der Waals surface area contributed by atoms with E-state index >= 15 is 0 Å². The first-order chi connectivity index (χ1) is 9.76. The van der Waals surface area contributed by atoms with Gasteiger partial charge in [-0.2, -0.15) is 0 Å². The largest absolute Gasteiger partial charge is 0.312 e. The predicted molar refractivity (Wildman–Crippen MR) is 85.2 cm³/mol. The van der Waals surface area contributed by atoms with Gasteiger partial charge in [0.2, 0.25) is 0 Å². The van der Waals surface area contributed by atoms with E-state index in [1.807, 2.05) is 12.1 Å². The molecule has 0 radical (unpaired) electrons. The molecule has 1 aliphatic carbocycles. The molecule has 1 nitrogen and oxygen atoms in total. The van der Waals surface area contributed by atoms with Crippen molar-refractivity contribution < 1.29 is 0 Å². The summed E-state index contributed by atoms with van der Waals surface area (Å²) in [6, 6.07) is 19.5. The van der Waals surface area contributed by atoms with Crippen LogP contribution in [-0.4, -0.2) is 7.05 Å². The van der Waals surface area contributed by atoms with Gasteiger partial charge in [-0.05, 0) is 43.1 Å². The molecule has 0 amide bonds. The zero-order valence-electron chi connectivity index (χ0n) is 11.8. The monoisotopic (exact) mass is 285 g/mol. The Balaban J connectivity index is 2.00. The topological polar surface area (TPSA) is 12.0 Å². The minimum absolute atomic E-state index is 0.226. The van der Waals surface area contributed by atoms with Crippen molar-refractivity contribution in [3.63, 3.8) is 0 Å². The van der Waals surface area contributed by atoms with Crippen molar-refractivity contribution in [3.05, 3.63) is 70.7 Å². The highest BCUT2D eigenvalue weighted by Gasteiger charge is 2.45. The first-order valence-electron chi connectivity index (χ1n) is 7.24. The van der Waals surface area contributed by atoms with Gasteiger partial charge in [0.15, 0.2) is 0 Å². The standard InChI is InChI=1S/C18H20ClN/c1-20-17(14-8-10-16(19)11-9-14)18(12-5-13-18)15-6-3-2-4-7-15/h2-4,6-11,17,20H,5,12-13H2,1H3. The molecule has 0 bridgehead atoms. The number of halogens is 1. The van der Waals surface area contributed by atoms with Crippen molar-refractivity contribution in [2.24, 2.45) is 0 Å². The third-order valence-electron chi connectivity index (χ3n) is 4.64. The Bertz CT molecular complexity index is 558. The fraction of sp³-hybridized carbons (Fsp3) is 0.333. The minimum Gasteiger partial charge on any atom is -0.312 e. The molecule has 1 unspecified atom stereocenters. The second-order valence-corrected chi connectivity index (χ2v) is 6.09. The predicted octanol–water partition coefficient (Wildman–Crippen LogP) is 4.72. The lowest BCUT2D eigenvalue weighted by atomic mass is 9.59.